The summed E-state index contributed by atoms with van der Waals surface area (Å²) in [6, 6.07) is 2.10. The van der Waals surface area contributed by atoms with Crippen LogP contribution in [0.5, 0.6) is 0 Å². The summed E-state index contributed by atoms with van der Waals surface area (Å²) in [5.41, 5.74) is 1.19. The molecule has 1 aromatic heterocycles. The average Bonchev–Trinajstić information content (AvgIpc) is 2.66. The summed E-state index contributed by atoms with van der Waals surface area (Å²) in [5.74, 6) is 6.49. The number of rotatable bonds is 1. The summed E-state index contributed by atoms with van der Waals surface area (Å²) in [5, 5.41) is 5.44. The molecule has 2 nitrogen and oxygen atoms in total. The zero-order chi connectivity index (χ0) is 10.5. The molecular weight excluding hydrogens is 204 g/mol. The second-order valence-corrected chi connectivity index (χ2v) is 4.84. The maximum Gasteiger partial charge on any atom is 0.0606 e. The van der Waals surface area contributed by atoms with E-state index in [9.17, 15) is 0 Å². The van der Waals surface area contributed by atoms with Crippen molar-refractivity contribution in [2.24, 2.45) is 0 Å². The van der Waals surface area contributed by atoms with E-state index in [4.69, 9.17) is 0 Å². The molecule has 1 saturated heterocycles. The summed E-state index contributed by atoms with van der Waals surface area (Å²) < 4.78 is 0. The Kier molecular flexibility index (Phi) is 3.79. The summed E-state index contributed by atoms with van der Waals surface area (Å²) in [6.45, 7) is 7.46. The SMILES string of the molecule is Cc1sccc1C#CCN1CCNCC1. The van der Waals surface area contributed by atoms with E-state index in [0.29, 0.717) is 0 Å². The van der Waals surface area contributed by atoms with Crippen molar-refractivity contribution >= 4 is 11.3 Å². The lowest BCUT2D eigenvalue weighted by Crippen LogP contribution is -2.43. The first-order chi connectivity index (χ1) is 7.36. The van der Waals surface area contributed by atoms with E-state index >= 15 is 0 Å². The van der Waals surface area contributed by atoms with Gasteiger partial charge in [-0.05, 0) is 18.4 Å². The highest BCUT2D eigenvalue weighted by Crippen LogP contribution is 2.13. The predicted octanol–water partition coefficient (Wildman–Crippen LogP) is 1.31. The first kappa shape index (κ1) is 10.7. The van der Waals surface area contributed by atoms with Crippen LogP contribution in [-0.4, -0.2) is 37.6 Å². The number of thiophene rings is 1. The smallest absolute Gasteiger partial charge is 0.0606 e. The van der Waals surface area contributed by atoms with Gasteiger partial charge in [-0.15, -0.1) is 11.3 Å². The maximum atomic E-state index is 3.34. The van der Waals surface area contributed by atoms with Crippen LogP contribution < -0.4 is 5.32 Å². The highest BCUT2D eigenvalue weighted by molar-refractivity contribution is 7.10. The Labute approximate surface area is 95.3 Å². The van der Waals surface area contributed by atoms with E-state index < -0.39 is 0 Å². The molecule has 0 amide bonds. The second-order valence-electron chi connectivity index (χ2n) is 3.72. The van der Waals surface area contributed by atoms with Crippen molar-refractivity contribution in [3.8, 4) is 11.8 Å². The lowest BCUT2D eigenvalue weighted by Gasteiger charge is -2.24. The predicted molar refractivity (Wildman–Crippen MR) is 65.2 cm³/mol. The van der Waals surface area contributed by atoms with Gasteiger partial charge in [0.1, 0.15) is 0 Å². The van der Waals surface area contributed by atoms with Crippen molar-refractivity contribution < 1.29 is 0 Å². The quantitative estimate of drug-likeness (QED) is 0.718. The fraction of sp³-hybridized carbons (Fsp3) is 0.500. The molecule has 15 heavy (non-hydrogen) atoms. The van der Waals surface area contributed by atoms with Crippen LogP contribution in [-0.2, 0) is 0 Å². The average molecular weight is 220 g/mol. The molecule has 1 fully saturated rings. The highest BCUT2D eigenvalue weighted by atomic mass is 32.1. The number of nitrogens with zero attached hydrogens (tertiary/aromatic N) is 1. The van der Waals surface area contributed by atoms with Gasteiger partial charge in [-0.25, -0.2) is 0 Å². The molecule has 0 saturated carbocycles. The van der Waals surface area contributed by atoms with Crippen LogP contribution in [0.4, 0.5) is 0 Å². The van der Waals surface area contributed by atoms with E-state index in [0.717, 1.165) is 32.7 Å². The van der Waals surface area contributed by atoms with Gasteiger partial charge in [0, 0.05) is 36.6 Å². The van der Waals surface area contributed by atoms with Crippen LogP contribution in [0.2, 0.25) is 0 Å². The van der Waals surface area contributed by atoms with Crippen LogP contribution in [0.25, 0.3) is 0 Å². The third kappa shape index (κ3) is 3.07. The van der Waals surface area contributed by atoms with E-state index in [2.05, 4.69) is 40.4 Å². The molecule has 2 rings (SSSR count). The van der Waals surface area contributed by atoms with Crippen molar-refractivity contribution in [1.82, 2.24) is 10.2 Å². The van der Waals surface area contributed by atoms with Gasteiger partial charge in [-0.3, -0.25) is 4.90 Å². The van der Waals surface area contributed by atoms with Crippen LogP contribution in [0, 0.1) is 18.8 Å². The number of aryl methyl sites for hydroxylation is 1. The Hall–Kier alpha value is -0.820. The number of hydrogen-bond donors (Lipinski definition) is 1. The Bertz CT molecular complexity index is 366. The van der Waals surface area contributed by atoms with E-state index in [1.54, 1.807) is 11.3 Å². The van der Waals surface area contributed by atoms with Gasteiger partial charge in [-0.1, -0.05) is 11.8 Å². The molecule has 0 aromatic carbocycles. The molecule has 0 unspecified atom stereocenters. The molecule has 0 radical (unpaired) electrons. The lowest BCUT2D eigenvalue weighted by atomic mass is 10.2. The Balaban J connectivity index is 1.87. The summed E-state index contributed by atoms with van der Waals surface area (Å²) in [4.78, 5) is 3.72. The summed E-state index contributed by atoms with van der Waals surface area (Å²) in [7, 11) is 0. The zero-order valence-corrected chi connectivity index (χ0v) is 9.86. The molecular formula is C12H16N2S. The van der Waals surface area contributed by atoms with Gasteiger partial charge in [0.25, 0.3) is 0 Å². The fourth-order valence-corrected chi connectivity index (χ4v) is 2.28. The Morgan fingerprint density at radius 2 is 2.27 bits per heavy atom. The number of piperazine rings is 1. The van der Waals surface area contributed by atoms with E-state index in [1.807, 2.05) is 0 Å². The molecule has 1 aliphatic heterocycles. The Morgan fingerprint density at radius 3 is 2.93 bits per heavy atom. The molecule has 1 aliphatic rings. The van der Waals surface area contributed by atoms with Crippen LogP contribution >= 0.6 is 11.3 Å². The van der Waals surface area contributed by atoms with Gasteiger partial charge in [0.15, 0.2) is 0 Å². The van der Waals surface area contributed by atoms with Crippen LogP contribution in [0.3, 0.4) is 0 Å². The minimum absolute atomic E-state index is 0.900. The third-order valence-electron chi connectivity index (χ3n) is 2.59. The normalized spacial score (nSPS) is 17.1. The maximum absolute atomic E-state index is 3.34. The van der Waals surface area contributed by atoms with Crippen molar-refractivity contribution in [1.29, 1.82) is 0 Å². The van der Waals surface area contributed by atoms with Crippen molar-refractivity contribution in [2.45, 2.75) is 6.92 Å². The molecule has 1 aromatic rings. The molecule has 0 atom stereocenters. The van der Waals surface area contributed by atoms with Crippen LogP contribution in [0.15, 0.2) is 11.4 Å². The molecule has 0 aliphatic carbocycles. The summed E-state index contributed by atoms with van der Waals surface area (Å²) in [6.07, 6.45) is 0. The van der Waals surface area contributed by atoms with Gasteiger partial charge in [0.05, 0.1) is 6.54 Å². The van der Waals surface area contributed by atoms with E-state index in [-0.39, 0.29) is 0 Å². The molecule has 0 spiro atoms. The first-order valence-corrected chi connectivity index (χ1v) is 6.20. The topological polar surface area (TPSA) is 15.3 Å². The fourth-order valence-electron chi connectivity index (χ4n) is 1.63. The standard InChI is InChI=1S/C12H16N2S/c1-11-12(4-10-15-11)3-2-7-14-8-5-13-6-9-14/h4,10,13H,5-9H2,1H3. The van der Waals surface area contributed by atoms with Gasteiger partial charge >= 0.3 is 0 Å². The number of nitrogens with one attached hydrogen (secondary N) is 1. The third-order valence-corrected chi connectivity index (χ3v) is 3.44. The second kappa shape index (κ2) is 5.32. The monoisotopic (exact) mass is 220 g/mol. The first-order valence-electron chi connectivity index (χ1n) is 5.32. The number of hydrogen-bond acceptors (Lipinski definition) is 3. The largest absolute Gasteiger partial charge is 0.314 e. The minimum Gasteiger partial charge on any atom is -0.314 e. The van der Waals surface area contributed by atoms with Gasteiger partial charge in [0.2, 0.25) is 0 Å². The molecule has 1 N–H and O–H groups in total. The molecule has 0 bridgehead atoms. The summed E-state index contributed by atoms with van der Waals surface area (Å²) >= 11 is 1.76. The van der Waals surface area contributed by atoms with Gasteiger partial charge < -0.3 is 5.32 Å². The van der Waals surface area contributed by atoms with Crippen molar-refractivity contribution in [2.75, 3.05) is 32.7 Å². The molecule has 2 heterocycles. The lowest BCUT2D eigenvalue weighted by molar-refractivity contribution is 0.268. The highest BCUT2D eigenvalue weighted by Gasteiger charge is 2.06. The molecule has 3 heteroatoms. The molecule has 80 valence electrons. The van der Waals surface area contributed by atoms with Gasteiger partial charge in [-0.2, -0.15) is 0 Å². The van der Waals surface area contributed by atoms with Crippen molar-refractivity contribution in [3.63, 3.8) is 0 Å². The minimum atomic E-state index is 0.900. The zero-order valence-electron chi connectivity index (χ0n) is 9.05. The van der Waals surface area contributed by atoms with Crippen LogP contribution in [0.1, 0.15) is 10.4 Å². The van der Waals surface area contributed by atoms with Crippen molar-refractivity contribution in [3.05, 3.63) is 21.9 Å². The Morgan fingerprint density at radius 1 is 1.47 bits per heavy atom. The van der Waals surface area contributed by atoms with E-state index in [1.165, 1.54) is 10.4 Å².